The van der Waals surface area contributed by atoms with E-state index in [0.29, 0.717) is 11.6 Å². The van der Waals surface area contributed by atoms with Gasteiger partial charge in [-0.2, -0.15) is 0 Å². The van der Waals surface area contributed by atoms with Gasteiger partial charge >= 0.3 is 0 Å². The molecule has 4 rings (SSSR count). The van der Waals surface area contributed by atoms with E-state index in [0.717, 1.165) is 50.0 Å². The van der Waals surface area contributed by atoms with E-state index in [4.69, 9.17) is 0 Å². The van der Waals surface area contributed by atoms with Gasteiger partial charge in [0.05, 0.1) is 0 Å². The molecule has 5 heteroatoms. The zero-order chi connectivity index (χ0) is 19.3. The highest BCUT2D eigenvalue weighted by atomic mass is 16.2. The van der Waals surface area contributed by atoms with Crippen LogP contribution < -0.4 is 10.6 Å². The number of hydrogen-bond donors (Lipinski definition) is 2. The van der Waals surface area contributed by atoms with Crippen molar-refractivity contribution in [3.63, 3.8) is 0 Å². The number of hydrogen-bond acceptors (Lipinski definition) is 3. The number of nitrogens with one attached hydrogen (secondary N) is 2. The van der Waals surface area contributed by atoms with Crippen LogP contribution in [0.3, 0.4) is 0 Å². The smallest absolute Gasteiger partial charge is 0.251 e. The van der Waals surface area contributed by atoms with E-state index in [1.807, 2.05) is 59.5 Å². The fourth-order valence-corrected chi connectivity index (χ4v) is 3.61. The van der Waals surface area contributed by atoms with Crippen molar-refractivity contribution >= 4 is 17.5 Å². The van der Waals surface area contributed by atoms with Crippen LogP contribution in [0, 0.1) is 0 Å². The summed E-state index contributed by atoms with van der Waals surface area (Å²) >= 11 is 0. The summed E-state index contributed by atoms with van der Waals surface area (Å²) in [6, 6.07) is 17.1. The van der Waals surface area contributed by atoms with Crippen LogP contribution in [0.5, 0.6) is 0 Å². The predicted octanol–water partition coefficient (Wildman–Crippen LogP) is 3.74. The first-order chi connectivity index (χ1) is 13.7. The van der Waals surface area contributed by atoms with E-state index in [1.54, 1.807) is 0 Å². The molecule has 1 aliphatic carbocycles. The second-order valence-corrected chi connectivity index (χ2v) is 7.70. The summed E-state index contributed by atoms with van der Waals surface area (Å²) in [7, 11) is 0. The molecule has 28 heavy (non-hydrogen) atoms. The zero-order valence-electron chi connectivity index (χ0n) is 16.1. The van der Waals surface area contributed by atoms with Gasteiger partial charge in [0.2, 0.25) is 5.91 Å². The number of amides is 2. The molecule has 1 heterocycles. The Balaban J connectivity index is 1.50. The SMILES string of the molecule is O=C(NC1CC1)c1ccc(NC(C(=O)N2CCCCC2)c2ccccc2)cc1. The number of nitrogens with zero attached hydrogens (tertiary/aromatic N) is 1. The minimum Gasteiger partial charge on any atom is -0.370 e. The Kier molecular flexibility index (Phi) is 5.60. The highest BCUT2D eigenvalue weighted by Gasteiger charge is 2.27. The van der Waals surface area contributed by atoms with Crippen LogP contribution in [0.25, 0.3) is 0 Å². The number of carbonyl (C=O) groups excluding carboxylic acids is 2. The van der Waals surface area contributed by atoms with Crippen molar-refractivity contribution in [1.82, 2.24) is 10.2 Å². The monoisotopic (exact) mass is 377 g/mol. The Bertz CT molecular complexity index is 810. The number of carbonyl (C=O) groups is 2. The molecular formula is C23H27N3O2. The fraction of sp³-hybridized carbons (Fsp3) is 0.391. The van der Waals surface area contributed by atoms with Gasteiger partial charge in [-0.05, 0) is 61.9 Å². The Morgan fingerprint density at radius 1 is 0.893 bits per heavy atom. The normalized spacial score (nSPS) is 17.6. The molecule has 1 saturated carbocycles. The number of rotatable bonds is 6. The van der Waals surface area contributed by atoms with Crippen LogP contribution in [0.15, 0.2) is 54.6 Å². The second-order valence-electron chi connectivity index (χ2n) is 7.70. The fourth-order valence-electron chi connectivity index (χ4n) is 3.61. The molecule has 1 saturated heterocycles. The van der Waals surface area contributed by atoms with E-state index in [1.165, 1.54) is 6.42 Å². The van der Waals surface area contributed by atoms with Gasteiger partial charge in [-0.25, -0.2) is 0 Å². The van der Waals surface area contributed by atoms with Gasteiger partial charge in [0.15, 0.2) is 0 Å². The lowest BCUT2D eigenvalue weighted by Crippen LogP contribution is -2.41. The predicted molar refractivity (Wildman–Crippen MR) is 110 cm³/mol. The molecule has 1 unspecified atom stereocenters. The largest absolute Gasteiger partial charge is 0.370 e. The van der Waals surface area contributed by atoms with E-state index < -0.39 is 6.04 Å². The zero-order valence-corrected chi connectivity index (χ0v) is 16.1. The summed E-state index contributed by atoms with van der Waals surface area (Å²) in [4.78, 5) is 27.3. The number of piperidine rings is 1. The highest BCUT2D eigenvalue weighted by Crippen LogP contribution is 2.24. The third-order valence-corrected chi connectivity index (χ3v) is 5.42. The van der Waals surface area contributed by atoms with Crippen LogP contribution in [0.1, 0.15) is 54.1 Å². The van der Waals surface area contributed by atoms with E-state index in [2.05, 4.69) is 10.6 Å². The molecule has 0 spiro atoms. The van der Waals surface area contributed by atoms with Gasteiger partial charge in [-0.1, -0.05) is 30.3 Å². The van der Waals surface area contributed by atoms with Crippen molar-refractivity contribution in [2.24, 2.45) is 0 Å². The van der Waals surface area contributed by atoms with Crippen molar-refractivity contribution in [2.75, 3.05) is 18.4 Å². The highest BCUT2D eigenvalue weighted by molar-refractivity contribution is 5.95. The first-order valence-corrected chi connectivity index (χ1v) is 10.2. The molecule has 2 N–H and O–H groups in total. The minimum absolute atomic E-state index is 0.0296. The Hall–Kier alpha value is -2.82. The molecule has 1 atom stereocenters. The van der Waals surface area contributed by atoms with Crippen molar-refractivity contribution < 1.29 is 9.59 Å². The standard InChI is InChI=1S/C23H27N3O2/c27-22(25-20-13-14-20)18-9-11-19(12-10-18)24-21(17-7-3-1-4-8-17)23(28)26-15-5-2-6-16-26/h1,3-4,7-12,20-21,24H,2,5-6,13-16H2,(H,25,27). The molecule has 5 nitrogen and oxygen atoms in total. The topological polar surface area (TPSA) is 61.4 Å². The summed E-state index contributed by atoms with van der Waals surface area (Å²) < 4.78 is 0. The maximum absolute atomic E-state index is 13.2. The van der Waals surface area contributed by atoms with Gasteiger partial charge in [0.25, 0.3) is 5.91 Å². The number of anilines is 1. The maximum atomic E-state index is 13.2. The summed E-state index contributed by atoms with van der Waals surface area (Å²) in [5, 5.41) is 6.39. The quantitative estimate of drug-likeness (QED) is 0.806. The molecule has 0 radical (unpaired) electrons. The molecule has 0 aromatic heterocycles. The lowest BCUT2D eigenvalue weighted by Gasteiger charge is -2.31. The van der Waals surface area contributed by atoms with Gasteiger partial charge in [-0.3, -0.25) is 9.59 Å². The van der Waals surface area contributed by atoms with Crippen molar-refractivity contribution in [3.8, 4) is 0 Å². The number of benzene rings is 2. The molecule has 2 aromatic rings. The van der Waals surface area contributed by atoms with Crippen molar-refractivity contribution in [2.45, 2.75) is 44.2 Å². The first-order valence-electron chi connectivity index (χ1n) is 10.2. The molecular weight excluding hydrogens is 350 g/mol. The summed E-state index contributed by atoms with van der Waals surface area (Å²) in [6.45, 7) is 1.65. The summed E-state index contributed by atoms with van der Waals surface area (Å²) in [6.07, 6.45) is 5.47. The first kappa shape index (κ1) is 18.5. The van der Waals surface area contributed by atoms with Crippen molar-refractivity contribution in [3.05, 3.63) is 65.7 Å². The Morgan fingerprint density at radius 3 is 2.21 bits per heavy atom. The molecule has 2 aliphatic rings. The molecule has 2 fully saturated rings. The summed E-state index contributed by atoms with van der Waals surface area (Å²) in [5.41, 5.74) is 2.44. The average molecular weight is 377 g/mol. The number of likely N-dealkylation sites (tertiary alicyclic amines) is 1. The van der Waals surface area contributed by atoms with Crippen LogP contribution in [-0.2, 0) is 4.79 Å². The lowest BCUT2D eigenvalue weighted by molar-refractivity contribution is -0.133. The molecule has 2 aromatic carbocycles. The average Bonchev–Trinajstić information content (AvgIpc) is 3.57. The molecule has 2 amide bonds. The third kappa shape index (κ3) is 4.53. The second kappa shape index (κ2) is 8.46. The lowest BCUT2D eigenvalue weighted by atomic mass is 10.0. The van der Waals surface area contributed by atoms with E-state index in [-0.39, 0.29) is 11.8 Å². The van der Waals surface area contributed by atoms with Gasteiger partial charge in [0, 0.05) is 30.4 Å². The van der Waals surface area contributed by atoms with Crippen molar-refractivity contribution in [1.29, 1.82) is 0 Å². The maximum Gasteiger partial charge on any atom is 0.251 e. The molecule has 0 bridgehead atoms. The van der Waals surface area contributed by atoms with Crippen LogP contribution in [0.4, 0.5) is 5.69 Å². The molecule has 1 aliphatic heterocycles. The van der Waals surface area contributed by atoms with Crippen LogP contribution >= 0.6 is 0 Å². The van der Waals surface area contributed by atoms with Crippen LogP contribution in [-0.4, -0.2) is 35.8 Å². The molecule has 146 valence electrons. The van der Waals surface area contributed by atoms with Gasteiger partial charge in [-0.15, -0.1) is 0 Å². The third-order valence-electron chi connectivity index (χ3n) is 5.42. The van der Waals surface area contributed by atoms with E-state index in [9.17, 15) is 9.59 Å². The van der Waals surface area contributed by atoms with Gasteiger partial charge < -0.3 is 15.5 Å². The van der Waals surface area contributed by atoms with E-state index >= 15 is 0 Å². The van der Waals surface area contributed by atoms with Gasteiger partial charge in [0.1, 0.15) is 6.04 Å². The minimum atomic E-state index is -0.426. The summed E-state index contributed by atoms with van der Waals surface area (Å²) in [5.74, 6) is 0.0829. The van der Waals surface area contributed by atoms with Crippen LogP contribution in [0.2, 0.25) is 0 Å². The Morgan fingerprint density at radius 2 is 1.57 bits per heavy atom. The Labute approximate surface area is 166 Å².